The molecule has 1 fully saturated rings. The molecule has 23 heavy (non-hydrogen) atoms. The summed E-state index contributed by atoms with van der Waals surface area (Å²) in [6.07, 6.45) is 0. The van der Waals surface area contributed by atoms with Crippen molar-refractivity contribution in [3.05, 3.63) is 54.6 Å². The molecule has 1 aliphatic rings. The summed E-state index contributed by atoms with van der Waals surface area (Å²) in [5.74, 6) is -0.184. The summed E-state index contributed by atoms with van der Waals surface area (Å²) >= 11 is -1.28. The molecule has 2 atom stereocenters. The average molecular weight is 394 g/mol. The van der Waals surface area contributed by atoms with Crippen LogP contribution in [0, 0.1) is 0 Å². The number of rotatable bonds is 5. The van der Waals surface area contributed by atoms with Gasteiger partial charge in [-0.15, -0.1) is 0 Å². The zero-order valence-electron chi connectivity index (χ0n) is 13.3. The molecule has 3 rings (SSSR count). The van der Waals surface area contributed by atoms with E-state index in [4.69, 9.17) is 0 Å². The van der Waals surface area contributed by atoms with Gasteiger partial charge in [-0.25, -0.2) is 0 Å². The molecule has 0 aliphatic carbocycles. The van der Waals surface area contributed by atoms with Crippen LogP contribution >= 0.6 is 0 Å². The van der Waals surface area contributed by atoms with E-state index in [-0.39, 0.29) is 10.5 Å². The maximum absolute atomic E-state index is 10.8. The first-order valence-electron chi connectivity index (χ1n) is 7.64. The third-order valence-electron chi connectivity index (χ3n) is 3.37. The van der Waals surface area contributed by atoms with Gasteiger partial charge in [0.15, 0.2) is 0 Å². The fraction of sp³-hybridized carbons (Fsp3) is 0.294. The Morgan fingerprint density at radius 1 is 1.04 bits per heavy atom. The molecule has 0 aromatic heterocycles. The predicted octanol–water partition coefficient (Wildman–Crippen LogP) is 3.09. The molecule has 2 unspecified atom stereocenters. The van der Waals surface area contributed by atoms with Crippen LogP contribution in [0.3, 0.4) is 0 Å². The molecule has 2 aromatic rings. The van der Waals surface area contributed by atoms with Crippen LogP contribution in [-0.4, -0.2) is 33.4 Å². The Bertz CT molecular complexity index is 717. The van der Waals surface area contributed by atoms with Crippen LogP contribution in [0.4, 0.5) is 11.4 Å². The molecule has 0 amide bonds. The molecule has 124 valence electrons. The molecule has 4 nitrogen and oxygen atoms in total. The van der Waals surface area contributed by atoms with Crippen molar-refractivity contribution in [2.75, 3.05) is 11.1 Å². The Hall–Kier alpha value is -1.29. The first kappa shape index (κ1) is 18.1. The number of benzene rings is 2. The van der Waals surface area contributed by atoms with E-state index in [2.05, 4.69) is 17.4 Å². The van der Waals surface area contributed by atoms with E-state index < -0.39 is 24.8 Å². The minimum atomic E-state index is -4.08. The number of nitrogens with one attached hydrogen (secondary N) is 1. The van der Waals surface area contributed by atoms with Crippen molar-refractivity contribution in [1.82, 2.24) is 0 Å². The van der Waals surface area contributed by atoms with Crippen LogP contribution in [0.15, 0.2) is 54.6 Å². The second kappa shape index (κ2) is 8.00. The zero-order valence-corrected chi connectivity index (χ0v) is 16.0. The standard InChI is InChI=1S/C15H16AsNO3S.C2H6/c18-21(19,20)11-13-10-16(13)12-6-8-15(9-7-12)17-14-4-2-1-3-5-14;1-2/h1-9,13,17H,10-11H2,(H,18,19,20);1-2H3/p-1. The van der Waals surface area contributed by atoms with Crippen LogP contribution in [0.5, 0.6) is 0 Å². The number of para-hydroxylation sites is 1. The topological polar surface area (TPSA) is 69.2 Å². The Morgan fingerprint density at radius 2 is 1.61 bits per heavy atom. The Labute approximate surface area is 142 Å². The van der Waals surface area contributed by atoms with E-state index in [1.807, 2.05) is 56.3 Å². The number of anilines is 2. The second-order valence-electron chi connectivity index (χ2n) is 5.07. The SMILES string of the molecule is CC.O=S(=O)([O-])CC1C[As]1c1ccc(Nc2ccccc2)cc1. The van der Waals surface area contributed by atoms with Crippen LogP contribution in [0.2, 0.25) is 9.91 Å². The zero-order chi connectivity index (χ0) is 16.9. The molecule has 6 heteroatoms. The third-order valence-corrected chi connectivity index (χ3v) is 10.1. The third kappa shape index (κ3) is 5.68. The Morgan fingerprint density at radius 3 is 2.17 bits per heavy atom. The summed E-state index contributed by atoms with van der Waals surface area (Å²) in [4.78, 5) is 0. The van der Waals surface area contributed by atoms with Crippen molar-refractivity contribution in [1.29, 1.82) is 0 Å². The molecular formula is C17H21AsNO3S-. The summed E-state index contributed by atoms with van der Waals surface area (Å²) in [7, 11) is -4.08. The van der Waals surface area contributed by atoms with Gasteiger partial charge < -0.3 is 0 Å². The van der Waals surface area contributed by atoms with Crippen LogP contribution in [0.1, 0.15) is 13.8 Å². The monoisotopic (exact) mass is 394 g/mol. The van der Waals surface area contributed by atoms with E-state index in [1.165, 1.54) is 4.35 Å². The Balaban J connectivity index is 0.000000924. The fourth-order valence-electron chi connectivity index (χ4n) is 2.30. The maximum atomic E-state index is 10.8. The molecule has 0 spiro atoms. The molecule has 1 N–H and O–H groups in total. The fourth-order valence-corrected chi connectivity index (χ4v) is 10.1. The molecule has 0 radical (unpaired) electrons. The van der Waals surface area contributed by atoms with E-state index in [1.54, 1.807) is 0 Å². The van der Waals surface area contributed by atoms with E-state index in [0.29, 0.717) is 0 Å². The van der Waals surface area contributed by atoms with Gasteiger partial charge in [-0.05, 0) is 0 Å². The van der Waals surface area contributed by atoms with Gasteiger partial charge in [0, 0.05) is 0 Å². The first-order chi connectivity index (χ1) is 11.0. The van der Waals surface area contributed by atoms with Crippen molar-refractivity contribution < 1.29 is 13.0 Å². The first-order valence-corrected chi connectivity index (χ1v) is 12.6. The van der Waals surface area contributed by atoms with Crippen LogP contribution in [-0.2, 0) is 10.1 Å². The van der Waals surface area contributed by atoms with Crippen molar-refractivity contribution in [3.8, 4) is 0 Å². The summed E-state index contributed by atoms with van der Waals surface area (Å²) in [6, 6.07) is 18.1. The quantitative estimate of drug-likeness (QED) is 0.625. The van der Waals surface area contributed by atoms with Gasteiger partial charge in [-0.2, -0.15) is 0 Å². The van der Waals surface area contributed by atoms with Gasteiger partial charge in [-0.1, -0.05) is 13.8 Å². The predicted molar refractivity (Wildman–Crippen MR) is 96.0 cm³/mol. The molecule has 0 bridgehead atoms. The molecule has 0 saturated carbocycles. The van der Waals surface area contributed by atoms with Gasteiger partial charge in [0.25, 0.3) is 0 Å². The Kier molecular flexibility index (Phi) is 6.28. The average Bonchev–Trinajstić information content (AvgIpc) is 3.28. The number of hydrogen-bond donors (Lipinski definition) is 1. The molecule has 1 heterocycles. The summed E-state index contributed by atoms with van der Waals surface area (Å²) < 4.78 is 33.7. The van der Waals surface area contributed by atoms with E-state index in [9.17, 15) is 13.0 Å². The summed E-state index contributed by atoms with van der Waals surface area (Å²) in [5, 5.41) is 4.24. The molecule has 1 aliphatic heterocycles. The normalized spacial score (nSPS) is 19.4. The van der Waals surface area contributed by atoms with Crippen molar-refractivity contribution >= 4 is 40.5 Å². The second-order valence-corrected chi connectivity index (χ2v) is 11.9. The van der Waals surface area contributed by atoms with Gasteiger partial charge >= 0.3 is 129 Å². The van der Waals surface area contributed by atoms with Gasteiger partial charge in [0.05, 0.1) is 0 Å². The van der Waals surface area contributed by atoms with Crippen LogP contribution < -0.4 is 9.67 Å². The van der Waals surface area contributed by atoms with Gasteiger partial charge in [0.1, 0.15) is 0 Å². The van der Waals surface area contributed by atoms with Crippen molar-refractivity contribution in [2.24, 2.45) is 0 Å². The minimum absolute atomic E-state index is 0.132. The molecular weight excluding hydrogens is 373 g/mol. The van der Waals surface area contributed by atoms with E-state index in [0.717, 1.165) is 16.6 Å². The van der Waals surface area contributed by atoms with Crippen molar-refractivity contribution in [2.45, 2.75) is 23.8 Å². The summed E-state index contributed by atoms with van der Waals surface area (Å²) in [5.41, 5.74) is 2.04. The van der Waals surface area contributed by atoms with E-state index >= 15 is 0 Å². The van der Waals surface area contributed by atoms with Gasteiger partial charge in [-0.3, -0.25) is 0 Å². The molecule has 2 aromatic carbocycles. The number of hydrogen-bond acceptors (Lipinski definition) is 4. The summed E-state index contributed by atoms with van der Waals surface area (Å²) in [6.45, 7) is 4.00. The van der Waals surface area contributed by atoms with Gasteiger partial charge in [0.2, 0.25) is 0 Å². The van der Waals surface area contributed by atoms with Crippen LogP contribution in [0.25, 0.3) is 0 Å². The van der Waals surface area contributed by atoms with Crippen molar-refractivity contribution in [3.63, 3.8) is 0 Å². The molecule has 1 saturated heterocycles.